The van der Waals surface area contributed by atoms with E-state index < -0.39 is 6.29 Å². The monoisotopic (exact) mass is 211 g/mol. The fraction of sp³-hybridized carbons (Fsp3) is 0.455. The molecule has 0 amide bonds. The number of benzene rings is 1. The highest BCUT2D eigenvalue weighted by molar-refractivity contribution is 5.18. The van der Waals surface area contributed by atoms with Gasteiger partial charge in [0.15, 0.2) is 6.29 Å². The minimum absolute atomic E-state index is 0.231. The maximum absolute atomic E-state index is 13.3. The number of rotatable bonds is 3. The summed E-state index contributed by atoms with van der Waals surface area (Å²) in [6, 6.07) is 6.29. The molecular formula is C11H14FNO2. The first-order chi connectivity index (χ1) is 7.27. The van der Waals surface area contributed by atoms with Gasteiger partial charge in [-0.15, -0.1) is 0 Å². The van der Waals surface area contributed by atoms with Crippen LogP contribution >= 0.6 is 0 Å². The second-order valence-electron chi connectivity index (χ2n) is 3.57. The van der Waals surface area contributed by atoms with Gasteiger partial charge in [-0.1, -0.05) is 18.2 Å². The van der Waals surface area contributed by atoms with Gasteiger partial charge >= 0.3 is 0 Å². The molecule has 1 heterocycles. The van der Waals surface area contributed by atoms with Crippen molar-refractivity contribution in [3.05, 3.63) is 35.6 Å². The van der Waals surface area contributed by atoms with E-state index in [0.29, 0.717) is 25.2 Å². The van der Waals surface area contributed by atoms with Gasteiger partial charge in [0.1, 0.15) is 5.82 Å². The van der Waals surface area contributed by atoms with Crippen LogP contribution in [0.4, 0.5) is 4.39 Å². The maximum Gasteiger partial charge on any atom is 0.173 e. The Balaban J connectivity index is 1.99. The van der Waals surface area contributed by atoms with Gasteiger partial charge in [0, 0.05) is 0 Å². The fourth-order valence-corrected chi connectivity index (χ4v) is 1.64. The zero-order chi connectivity index (χ0) is 10.7. The Hall–Kier alpha value is -0.970. The first-order valence-electron chi connectivity index (χ1n) is 4.99. The summed E-state index contributed by atoms with van der Waals surface area (Å²) in [5.41, 5.74) is 6.46. The van der Waals surface area contributed by atoms with Crippen molar-refractivity contribution in [2.75, 3.05) is 13.2 Å². The fourth-order valence-electron chi connectivity index (χ4n) is 1.64. The lowest BCUT2D eigenvalue weighted by Crippen LogP contribution is -2.37. The van der Waals surface area contributed by atoms with Crippen molar-refractivity contribution < 1.29 is 13.9 Å². The summed E-state index contributed by atoms with van der Waals surface area (Å²) in [5, 5.41) is 0. The SMILES string of the molecule is N[C@@H](Cc1ccccc1F)C1OCCO1. The topological polar surface area (TPSA) is 44.5 Å². The molecule has 1 aliphatic heterocycles. The van der Waals surface area contributed by atoms with Crippen molar-refractivity contribution >= 4 is 0 Å². The molecular weight excluding hydrogens is 197 g/mol. The summed E-state index contributed by atoms with van der Waals surface area (Å²) < 4.78 is 23.8. The van der Waals surface area contributed by atoms with Crippen LogP contribution in [-0.4, -0.2) is 25.5 Å². The molecule has 4 heteroatoms. The van der Waals surface area contributed by atoms with Crippen LogP contribution in [0.3, 0.4) is 0 Å². The minimum Gasteiger partial charge on any atom is -0.349 e. The van der Waals surface area contributed by atoms with E-state index in [1.807, 2.05) is 0 Å². The molecule has 15 heavy (non-hydrogen) atoms. The molecule has 1 aliphatic rings. The summed E-state index contributed by atoms with van der Waals surface area (Å²) in [5.74, 6) is -0.231. The van der Waals surface area contributed by atoms with E-state index in [1.165, 1.54) is 6.07 Å². The van der Waals surface area contributed by atoms with E-state index in [-0.39, 0.29) is 11.9 Å². The van der Waals surface area contributed by atoms with Gasteiger partial charge in [-0.25, -0.2) is 4.39 Å². The molecule has 3 nitrogen and oxygen atoms in total. The van der Waals surface area contributed by atoms with Crippen molar-refractivity contribution in [3.63, 3.8) is 0 Å². The lowest BCUT2D eigenvalue weighted by molar-refractivity contribution is -0.0586. The van der Waals surface area contributed by atoms with Crippen LogP contribution in [0.1, 0.15) is 5.56 Å². The summed E-state index contributed by atoms with van der Waals surface area (Å²) >= 11 is 0. The Kier molecular flexibility index (Phi) is 3.30. The Morgan fingerprint density at radius 3 is 2.67 bits per heavy atom. The van der Waals surface area contributed by atoms with Crippen molar-refractivity contribution in [1.82, 2.24) is 0 Å². The van der Waals surface area contributed by atoms with Gasteiger partial charge in [0.25, 0.3) is 0 Å². The molecule has 1 saturated heterocycles. The second-order valence-corrected chi connectivity index (χ2v) is 3.57. The van der Waals surface area contributed by atoms with Crippen molar-refractivity contribution in [1.29, 1.82) is 0 Å². The zero-order valence-electron chi connectivity index (χ0n) is 8.36. The molecule has 2 rings (SSSR count). The van der Waals surface area contributed by atoms with Gasteiger partial charge < -0.3 is 15.2 Å². The highest BCUT2D eigenvalue weighted by Gasteiger charge is 2.24. The third kappa shape index (κ3) is 2.53. The highest BCUT2D eigenvalue weighted by atomic mass is 19.1. The zero-order valence-corrected chi connectivity index (χ0v) is 8.36. The quantitative estimate of drug-likeness (QED) is 0.813. The van der Waals surface area contributed by atoms with E-state index in [4.69, 9.17) is 15.2 Å². The molecule has 0 spiro atoms. The lowest BCUT2D eigenvalue weighted by Gasteiger charge is -2.17. The number of nitrogens with two attached hydrogens (primary N) is 1. The summed E-state index contributed by atoms with van der Waals surface area (Å²) in [4.78, 5) is 0. The largest absolute Gasteiger partial charge is 0.349 e. The third-order valence-corrected chi connectivity index (χ3v) is 2.41. The Bertz CT molecular complexity index is 326. The van der Waals surface area contributed by atoms with Crippen LogP contribution in [0.15, 0.2) is 24.3 Å². The van der Waals surface area contributed by atoms with Crippen LogP contribution in [0.25, 0.3) is 0 Å². The molecule has 0 unspecified atom stereocenters. The molecule has 1 aromatic carbocycles. The average Bonchev–Trinajstić information content (AvgIpc) is 2.74. The van der Waals surface area contributed by atoms with Crippen LogP contribution in [-0.2, 0) is 15.9 Å². The summed E-state index contributed by atoms with van der Waals surface area (Å²) in [6.07, 6.45) is 0.0294. The molecule has 0 saturated carbocycles. The third-order valence-electron chi connectivity index (χ3n) is 2.41. The van der Waals surface area contributed by atoms with E-state index >= 15 is 0 Å². The Labute approximate surface area is 88.0 Å². The standard InChI is InChI=1S/C11H14FNO2/c12-9-4-2-1-3-8(9)7-10(13)11-14-5-6-15-11/h1-4,10-11H,5-7,13H2/t10-/m0/s1. The van der Waals surface area contributed by atoms with E-state index in [0.717, 1.165) is 0 Å². The minimum atomic E-state index is -0.399. The van der Waals surface area contributed by atoms with E-state index in [2.05, 4.69) is 0 Å². The molecule has 1 fully saturated rings. The number of hydrogen-bond acceptors (Lipinski definition) is 3. The van der Waals surface area contributed by atoms with E-state index in [1.54, 1.807) is 18.2 Å². The molecule has 1 aromatic rings. The van der Waals surface area contributed by atoms with Crippen LogP contribution < -0.4 is 5.73 Å². The van der Waals surface area contributed by atoms with Crippen molar-refractivity contribution in [3.8, 4) is 0 Å². The number of hydrogen-bond donors (Lipinski definition) is 1. The van der Waals surface area contributed by atoms with Gasteiger partial charge in [-0.3, -0.25) is 0 Å². The van der Waals surface area contributed by atoms with Gasteiger partial charge in [-0.2, -0.15) is 0 Å². The smallest absolute Gasteiger partial charge is 0.173 e. The average molecular weight is 211 g/mol. The number of halogens is 1. The van der Waals surface area contributed by atoms with Crippen LogP contribution in [0, 0.1) is 5.82 Å². The molecule has 1 atom stereocenters. The summed E-state index contributed by atoms with van der Waals surface area (Å²) in [7, 11) is 0. The number of ether oxygens (including phenoxy) is 2. The molecule has 0 aromatic heterocycles. The van der Waals surface area contributed by atoms with Gasteiger partial charge in [0.05, 0.1) is 19.3 Å². The van der Waals surface area contributed by atoms with Crippen LogP contribution in [0.5, 0.6) is 0 Å². The van der Waals surface area contributed by atoms with Crippen LogP contribution in [0.2, 0.25) is 0 Å². The molecule has 82 valence electrons. The molecule has 0 aliphatic carbocycles. The van der Waals surface area contributed by atoms with E-state index in [9.17, 15) is 4.39 Å². The lowest BCUT2D eigenvalue weighted by atomic mass is 10.1. The molecule has 2 N–H and O–H groups in total. The van der Waals surface area contributed by atoms with Crippen molar-refractivity contribution in [2.45, 2.75) is 18.8 Å². The maximum atomic E-state index is 13.3. The molecule has 0 bridgehead atoms. The van der Waals surface area contributed by atoms with Gasteiger partial charge in [-0.05, 0) is 18.1 Å². The second kappa shape index (κ2) is 4.70. The predicted molar refractivity (Wildman–Crippen MR) is 53.8 cm³/mol. The first-order valence-corrected chi connectivity index (χ1v) is 4.99. The highest BCUT2D eigenvalue weighted by Crippen LogP contribution is 2.14. The van der Waals surface area contributed by atoms with Gasteiger partial charge in [0.2, 0.25) is 0 Å². The first kappa shape index (κ1) is 10.5. The molecule has 0 radical (unpaired) electrons. The predicted octanol–water partition coefficient (Wildman–Crippen LogP) is 1.07. The normalized spacial score (nSPS) is 19.3. The Morgan fingerprint density at radius 2 is 2.00 bits per heavy atom. The Morgan fingerprint density at radius 1 is 1.33 bits per heavy atom. The summed E-state index contributed by atoms with van der Waals surface area (Å²) in [6.45, 7) is 1.13. The van der Waals surface area contributed by atoms with Crippen molar-refractivity contribution in [2.24, 2.45) is 5.73 Å².